The Morgan fingerprint density at radius 2 is 1.93 bits per heavy atom. The molecule has 2 heterocycles. The van der Waals surface area contributed by atoms with Gasteiger partial charge in [-0.3, -0.25) is 0 Å². The molecule has 0 N–H and O–H groups in total. The summed E-state index contributed by atoms with van der Waals surface area (Å²) in [5, 5.41) is 3.39. The highest BCUT2D eigenvalue weighted by Crippen LogP contribution is 2.44. The summed E-state index contributed by atoms with van der Waals surface area (Å²) in [4.78, 5) is 8.34. The molecule has 0 bridgehead atoms. The zero-order chi connectivity index (χ0) is 10.8. The van der Waals surface area contributed by atoms with Crippen molar-refractivity contribution in [3.05, 3.63) is 5.38 Å². The minimum absolute atomic E-state index is 0.727. The van der Waals surface area contributed by atoms with E-state index in [0.717, 1.165) is 22.9 Å². The molecule has 0 radical (unpaired) electrons. The summed E-state index contributed by atoms with van der Waals surface area (Å²) in [6.07, 6.45) is 0. The van der Waals surface area contributed by atoms with Gasteiger partial charge < -0.3 is 0 Å². The molecule has 2 rings (SSSR count). The lowest BCUT2D eigenvalue weighted by molar-refractivity contribution is 1.07. The maximum atomic E-state index is 4.25. The summed E-state index contributed by atoms with van der Waals surface area (Å²) >= 11 is 15.7. The van der Waals surface area contributed by atoms with Crippen LogP contribution in [0.5, 0.6) is 0 Å². The van der Waals surface area contributed by atoms with Gasteiger partial charge in [0.25, 0.3) is 0 Å². The third-order valence-corrected chi connectivity index (χ3v) is 7.48. The molecule has 0 saturated carbocycles. The highest BCUT2D eigenvalue weighted by atomic mass is 33.1. The van der Waals surface area contributed by atoms with E-state index in [0.29, 0.717) is 0 Å². The molecule has 80 valence electrons. The van der Waals surface area contributed by atoms with Crippen molar-refractivity contribution in [2.24, 2.45) is 0 Å². The molecule has 9 heteroatoms. The number of thiazole rings is 2. The van der Waals surface area contributed by atoms with Crippen LogP contribution in [0.3, 0.4) is 0 Å². The van der Waals surface area contributed by atoms with Crippen molar-refractivity contribution in [3.63, 3.8) is 0 Å². The molecule has 0 aliphatic rings. The van der Waals surface area contributed by atoms with Gasteiger partial charge in [0.1, 0.15) is 18.6 Å². The minimum atomic E-state index is 0.727. The number of thiol groups is 3. The van der Waals surface area contributed by atoms with Crippen LogP contribution in [-0.4, -0.2) is 9.97 Å². The van der Waals surface area contributed by atoms with Crippen LogP contribution in [-0.2, 0) is 0 Å². The molecular formula is C6H4N2S7. The van der Waals surface area contributed by atoms with Gasteiger partial charge in [0.15, 0.2) is 4.34 Å². The summed E-state index contributed by atoms with van der Waals surface area (Å²) < 4.78 is 2.76. The van der Waals surface area contributed by atoms with Gasteiger partial charge in [0, 0.05) is 5.38 Å². The number of hydrogen-bond donors (Lipinski definition) is 3. The Morgan fingerprint density at radius 1 is 1.13 bits per heavy atom. The van der Waals surface area contributed by atoms with Gasteiger partial charge in [0.05, 0.1) is 0 Å². The number of hydrogen-bond acceptors (Lipinski definition) is 9. The molecule has 0 saturated heterocycles. The Balaban J connectivity index is 2.01. The van der Waals surface area contributed by atoms with Gasteiger partial charge in [-0.2, -0.15) is 0 Å². The molecule has 0 aliphatic carbocycles. The maximum Gasteiger partial charge on any atom is 0.162 e. The lowest BCUT2D eigenvalue weighted by Crippen LogP contribution is -1.66. The summed E-state index contributed by atoms with van der Waals surface area (Å²) in [5.41, 5.74) is 0. The monoisotopic (exact) mass is 328 g/mol. The van der Waals surface area contributed by atoms with E-state index in [2.05, 4.69) is 47.9 Å². The molecular weight excluding hydrogens is 325 g/mol. The summed E-state index contributed by atoms with van der Waals surface area (Å²) in [5.74, 6) is 0. The van der Waals surface area contributed by atoms with E-state index in [9.17, 15) is 0 Å². The number of nitrogens with zero attached hydrogens (tertiary/aromatic N) is 2. The van der Waals surface area contributed by atoms with Gasteiger partial charge in [-0.15, -0.1) is 49.2 Å². The standard InChI is InChI=1S/C6H4N2S7/c9-2-1-12-6(7-2)15-14-4-3(10)8-5(11)13-4/h1,9-10H,(H,8,11). The molecule has 0 aromatic carbocycles. The van der Waals surface area contributed by atoms with Crippen molar-refractivity contribution in [1.29, 1.82) is 0 Å². The first-order valence-electron chi connectivity index (χ1n) is 3.53. The van der Waals surface area contributed by atoms with E-state index in [1.807, 2.05) is 5.38 Å². The van der Waals surface area contributed by atoms with Crippen LogP contribution < -0.4 is 0 Å². The Bertz CT molecular complexity index is 462. The first kappa shape index (κ1) is 12.5. The van der Waals surface area contributed by atoms with Crippen LogP contribution >= 0.6 is 82.1 Å². The van der Waals surface area contributed by atoms with Crippen LogP contribution in [0, 0.1) is 0 Å². The van der Waals surface area contributed by atoms with E-state index in [1.54, 1.807) is 32.9 Å². The summed E-state index contributed by atoms with van der Waals surface area (Å²) in [6, 6.07) is 0. The second kappa shape index (κ2) is 5.56. The molecule has 0 aliphatic heterocycles. The fraction of sp³-hybridized carbons (Fsp3) is 0. The molecule has 0 fully saturated rings. The Morgan fingerprint density at radius 3 is 2.47 bits per heavy atom. The second-order valence-electron chi connectivity index (χ2n) is 2.25. The van der Waals surface area contributed by atoms with Crippen molar-refractivity contribution in [2.75, 3.05) is 0 Å². The zero-order valence-corrected chi connectivity index (χ0v) is 12.9. The lowest BCUT2D eigenvalue weighted by atomic mass is 11.0. The van der Waals surface area contributed by atoms with Crippen molar-refractivity contribution < 1.29 is 0 Å². The smallest absolute Gasteiger partial charge is 0.162 e. The number of aromatic nitrogens is 2. The van der Waals surface area contributed by atoms with Gasteiger partial charge >= 0.3 is 0 Å². The molecule has 0 unspecified atom stereocenters. The van der Waals surface area contributed by atoms with Gasteiger partial charge in [0.2, 0.25) is 0 Å². The van der Waals surface area contributed by atoms with Gasteiger partial charge in [-0.05, 0) is 21.6 Å². The fourth-order valence-electron chi connectivity index (χ4n) is 0.703. The Kier molecular flexibility index (Phi) is 4.62. The summed E-state index contributed by atoms with van der Waals surface area (Å²) in [6.45, 7) is 0. The van der Waals surface area contributed by atoms with E-state index < -0.39 is 0 Å². The van der Waals surface area contributed by atoms with E-state index in [4.69, 9.17) is 0 Å². The topological polar surface area (TPSA) is 25.8 Å². The average molecular weight is 329 g/mol. The highest BCUT2D eigenvalue weighted by Gasteiger charge is 2.09. The Hall–Kier alpha value is 1.01. The third-order valence-electron chi connectivity index (χ3n) is 1.23. The average Bonchev–Trinajstić information content (AvgIpc) is 2.70. The quantitative estimate of drug-likeness (QED) is 0.579. The molecule has 0 spiro atoms. The molecule has 0 amide bonds. The maximum absolute atomic E-state index is 4.25. The van der Waals surface area contributed by atoms with Gasteiger partial charge in [-0.1, -0.05) is 11.3 Å². The predicted molar refractivity (Wildman–Crippen MR) is 77.7 cm³/mol. The molecule has 2 aromatic rings. The largest absolute Gasteiger partial charge is 0.223 e. The molecule has 0 atom stereocenters. The SMILES string of the molecule is Sc1csc(SSc2sc(S)nc2S)n1. The molecule has 15 heavy (non-hydrogen) atoms. The van der Waals surface area contributed by atoms with Crippen molar-refractivity contribution in [3.8, 4) is 0 Å². The minimum Gasteiger partial charge on any atom is -0.223 e. The van der Waals surface area contributed by atoms with Crippen molar-refractivity contribution in [1.82, 2.24) is 9.97 Å². The van der Waals surface area contributed by atoms with Crippen LogP contribution in [0.2, 0.25) is 0 Å². The molecule has 2 nitrogen and oxygen atoms in total. The van der Waals surface area contributed by atoms with Crippen LogP contribution in [0.25, 0.3) is 0 Å². The number of rotatable bonds is 3. The fourth-order valence-corrected chi connectivity index (χ4v) is 6.35. The predicted octanol–water partition coefficient (Wildman–Crippen LogP) is 4.27. The first-order chi connectivity index (χ1) is 7.15. The third kappa shape index (κ3) is 3.48. The first-order valence-corrected chi connectivity index (χ1v) is 8.71. The van der Waals surface area contributed by atoms with Crippen LogP contribution in [0.15, 0.2) is 28.3 Å². The van der Waals surface area contributed by atoms with E-state index in [1.165, 1.54) is 11.3 Å². The van der Waals surface area contributed by atoms with E-state index >= 15 is 0 Å². The Labute approximate surface area is 119 Å². The van der Waals surface area contributed by atoms with Gasteiger partial charge in [-0.25, -0.2) is 9.97 Å². The summed E-state index contributed by atoms with van der Waals surface area (Å²) in [7, 11) is 3.18. The molecule has 2 aromatic heterocycles. The lowest BCUT2D eigenvalue weighted by Gasteiger charge is -1.93. The van der Waals surface area contributed by atoms with Crippen molar-refractivity contribution in [2.45, 2.75) is 22.9 Å². The van der Waals surface area contributed by atoms with Crippen LogP contribution in [0.1, 0.15) is 0 Å². The van der Waals surface area contributed by atoms with E-state index in [-0.39, 0.29) is 0 Å². The second-order valence-corrected chi connectivity index (χ2v) is 8.36. The van der Waals surface area contributed by atoms with Crippen molar-refractivity contribution >= 4 is 82.1 Å². The normalized spacial score (nSPS) is 10.9. The highest BCUT2D eigenvalue weighted by molar-refractivity contribution is 8.77. The van der Waals surface area contributed by atoms with Crippen LogP contribution in [0.4, 0.5) is 0 Å². The zero-order valence-electron chi connectivity index (χ0n) is 6.95.